The van der Waals surface area contributed by atoms with Crippen LogP contribution in [0.3, 0.4) is 0 Å². The van der Waals surface area contributed by atoms with Crippen molar-refractivity contribution in [3.8, 4) is 0 Å². The lowest BCUT2D eigenvalue weighted by atomic mass is 10.0. The molecule has 0 bridgehead atoms. The molecule has 0 spiro atoms. The van der Waals surface area contributed by atoms with Crippen LogP contribution in [0.5, 0.6) is 0 Å². The molecule has 0 aliphatic carbocycles. The smallest absolute Gasteiger partial charge is 0.115 e. The molecule has 16 heavy (non-hydrogen) atoms. The minimum absolute atomic E-state index is 0.543. The summed E-state index contributed by atoms with van der Waals surface area (Å²) in [5, 5.41) is 10.2. The Balaban J connectivity index is 2.27. The van der Waals surface area contributed by atoms with Crippen LogP contribution in [0.15, 0.2) is 29.8 Å². The first-order valence-electron chi connectivity index (χ1n) is 5.39. The van der Waals surface area contributed by atoms with Crippen molar-refractivity contribution >= 4 is 11.3 Å². The van der Waals surface area contributed by atoms with Crippen LogP contribution < -0.4 is 0 Å². The van der Waals surface area contributed by atoms with Crippen LogP contribution in [0.2, 0.25) is 0 Å². The van der Waals surface area contributed by atoms with E-state index in [0.29, 0.717) is 0 Å². The average Bonchev–Trinajstić information content (AvgIpc) is 2.75. The number of aliphatic hydroxyl groups is 1. The molecule has 0 amide bonds. The van der Waals surface area contributed by atoms with Gasteiger partial charge in [-0.2, -0.15) is 0 Å². The minimum atomic E-state index is -0.543. The summed E-state index contributed by atoms with van der Waals surface area (Å²) in [6.45, 7) is 4.05. The van der Waals surface area contributed by atoms with E-state index in [1.807, 2.05) is 19.1 Å². The highest BCUT2D eigenvalue weighted by Crippen LogP contribution is 2.27. The van der Waals surface area contributed by atoms with Gasteiger partial charge < -0.3 is 5.11 Å². The molecule has 0 aliphatic rings. The highest BCUT2D eigenvalue weighted by molar-refractivity contribution is 7.09. The fourth-order valence-corrected chi connectivity index (χ4v) is 2.47. The van der Waals surface area contributed by atoms with Gasteiger partial charge in [-0.3, -0.25) is 0 Å². The molecular weight excluding hydrogens is 218 g/mol. The molecule has 0 saturated heterocycles. The van der Waals surface area contributed by atoms with Crippen molar-refractivity contribution in [3.05, 3.63) is 51.5 Å². The Morgan fingerprint density at radius 3 is 2.50 bits per heavy atom. The van der Waals surface area contributed by atoms with Gasteiger partial charge in [-0.05, 0) is 24.5 Å². The fourth-order valence-electron chi connectivity index (χ4n) is 1.66. The van der Waals surface area contributed by atoms with Gasteiger partial charge in [0.25, 0.3) is 0 Å². The second-order valence-electron chi connectivity index (χ2n) is 3.80. The third-order valence-corrected chi connectivity index (χ3v) is 3.72. The van der Waals surface area contributed by atoms with Crippen molar-refractivity contribution in [2.75, 3.05) is 0 Å². The zero-order valence-electron chi connectivity index (χ0n) is 9.47. The van der Waals surface area contributed by atoms with Crippen molar-refractivity contribution in [2.24, 2.45) is 0 Å². The molecule has 1 aromatic heterocycles. The third kappa shape index (κ3) is 2.15. The Bertz CT molecular complexity index is 461. The van der Waals surface area contributed by atoms with E-state index in [1.54, 1.807) is 5.51 Å². The molecule has 2 aromatic rings. The number of nitrogens with zero attached hydrogens (tertiary/aromatic N) is 1. The van der Waals surface area contributed by atoms with Crippen molar-refractivity contribution in [1.29, 1.82) is 0 Å². The van der Waals surface area contributed by atoms with Crippen molar-refractivity contribution in [3.63, 3.8) is 0 Å². The zero-order chi connectivity index (χ0) is 11.5. The molecule has 1 atom stereocenters. The highest BCUT2D eigenvalue weighted by atomic mass is 32.1. The Morgan fingerprint density at radius 1 is 1.31 bits per heavy atom. The minimum Gasteiger partial charge on any atom is -0.383 e. The fraction of sp³-hybridized carbons (Fsp3) is 0.308. The molecule has 1 heterocycles. The van der Waals surface area contributed by atoms with Crippen molar-refractivity contribution < 1.29 is 5.11 Å². The Morgan fingerprint density at radius 2 is 2.00 bits per heavy atom. The predicted molar refractivity (Wildman–Crippen MR) is 66.7 cm³/mol. The molecule has 1 unspecified atom stereocenters. The van der Waals surface area contributed by atoms with Crippen LogP contribution in [0.25, 0.3) is 0 Å². The molecule has 2 nitrogen and oxygen atoms in total. The molecule has 0 fully saturated rings. The van der Waals surface area contributed by atoms with Gasteiger partial charge in [0.2, 0.25) is 0 Å². The van der Waals surface area contributed by atoms with Gasteiger partial charge in [-0.25, -0.2) is 4.98 Å². The molecule has 0 aliphatic heterocycles. The lowest BCUT2D eigenvalue weighted by Crippen LogP contribution is -1.99. The van der Waals surface area contributed by atoms with Crippen LogP contribution in [-0.4, -0.2) is 10.1 Å². The van der Waals surface area contributed by atoms with Gasteiger partial charge in [-0.1, -0.05) is 31.2 Å². The Hall–Kier alpha value is -1.19. The summed E-state index contributed by atoms with van der Waals surface area (Å²) in [6.07, 6.45) is 0.481. The van der Waals surface area contributed by atoms with E-state index in [2.05, 4.69) is 24.0 Å². The molecule has 0 radical (unpaired) electrons. The van der Waals surface area contributed by atoms with Gasteiger partial charge in [0, 0.05) is 0 Å². The first-order chi connectivity index (χ1) is 7.72. The zero-order valence-corrected chi connectivity index (χ0v) is 10.3. The summed E-state index contributed by atoms with van der Waals surface area (Å²) in [5.41, 5.74) is 4.91. The SMILES string of the molecule is CCc1ccc(C(O)c2scnc2C)cc1. The predicted octanol–water partition coefficient (Wildman–Crippen LogP) is 3.10. The maximum atomic E-state index is 10.2. The van der Waals surface area contributed by atoms with Crippen LogP contribution in [-0.2, 0) is 6.42 Å². The van der Waals surface area contributed by atoms with Gasteiger partial charge >= 0.3 is 0 Å². The number of thiazole rings is 1. The molecule has 3 heteroatoms. The largest absolute Gasteiger partial charge is 0.383 e. The normalized spacial score (nSPS) is 12.7. The number of hydrogen-bond acceptors (Lipinski definition) is 3. The summed E-state index contributed by atoms with van der Waals surface area (Å²) >= 11 is 1.50. The van der Waals surface area contributed by atoms with Gasteiger partial charge in [0.15, 0.2) is 0 Å². The summed E-state index contributed by atoms with van der Waals surface area (Å²) in [4.78, 5) is 5.09. The summed E-state index contributed by atoms with van der Waals surface area (Å²) in [7, 11) is 0. The first kappa shape index (κ1) is 11.3. The number of rotatable bonds is 3. The van der Waals surface area contributed by atoms with Gasteiger partial charge in [0.1, 0.15) is 6.10 Å². The lowest BCUT2D eigenvalue weighted by molar-refractivity contribution is 0.223. The van der Waals surface area contributed by atoms with E-state index in [9.17, 15) is 5.11 Å². The number of benzene rings is 1. The summed E-state index contributed by atoms with van der Waals surface area (Å²) in [5.74, 6) is 0. The quantitative estimate of drug-likeness (QED) is 0.883. The van der Waals surface area contributed by atoms with Crippen LogP contribution in [0.1, 0.15) is 34.7 Å². The summed E-state index contributed by atoms with van der Waals surface area (Å²) < 4.78 is 0. The van der Waals surface area contributed by atoms with E-state index >= 15 is 0 Å². The highest BCUT2D eigenvalue weighted by Gasteiger charge is 2.14. The van der Waals surface area contributed by atoms with Gasteiger partial charge in [-0.15, -0.1) is 11.3 Å². The molecule has 84 valence electrons. The van der Waals surface area contributed by atoms with Crippen LogP contribution in [0, 0.1) is 6.92 Å². The molecule has 1 aromatic carbocycles. The number of aliphatic hydroxyl groups excluding tert-OH is 1. The first-order valence-corrected chi connectivity index (χ1v) is 6.27. The molecule has 0 saturated carbocycles. The average molecular weight is 233 g/mol. The maximum absolute atomic E-state index is 10.2. The molecular formula is C13H15NOS. The number of aryl methyl sites for hydroxylation is 2. The van der Waals surface area contributed by atoms with Gasteiger partial charge in [0.05, 0.1) is 16.1 Å². The lowest BCUT2D eigenvalue weighted by Gasteiger charge is -2.10. The Labute approximate surface area is 99.6 Å². The second-order valence-corrected chi connectivity index (χ2v) is 4.69. The number of hydrogen-bond donors (Lipinski definition) is 1. The van der Waals surface area contributed by atoms with E-state index < -0.39 is 6.10 Å². The van der Waals surface area contributed by atoms with E-state index in [4.69, 9.17) is 0 Å². The third-order valence-electron chi connectivity index (χ3n) is 2.73. The van der Waals surface area contributed by atoms with Crippen LogP contribution >= 0.6 is 11.3 Å². The van der Waals surface area contributed by atoms with Crippen molar-refractivity contribution in [2.45, 2.75) is 26.4 Å². The second kappa shape index (κ2) is 4.76. The van der Waals surface area contributed by atoms with E-state index in [0.717, 1.165) is 22.6 Å². The standard InChI is InChI=1S/C13H15NOS/c1-3-10-4-6-11(7-5-10)12(15)13-9(2)14-8-16-13/h4-8,12,15H,3H2,1-2H3. The number of aromatic nitrogens is 1. The Kier molecular flexibility index (Phi) is 3.36. The van der Waals surface area contributed by atoms with E-state index in [-0.39, 0.29) is 0 Å². The van der Waals surface area contributed by atoms with E-state index in [1.165, 1.54) is 16.9 Å². The molecule has 2 rings (SSSR count). The maximum Gasteiger partial charge on any atom is 0.115 e. The monoisotopic (exact) mass is 233 g/mol. The molecule has 1 N–H and O–H groups in total. The van der Waals surface area contributed by atoms with Crippen molar-refractivity contribution in [1.82, 2.24) is 4.98 Å². The topological polar surface area (TPSA) is 33.1 Å². The summed E-state index contributed by atoms with van der Waals surface area (Å²) in [6, 6.07) is 8.11. The van der Waals surface area contributed by atoms with Crippen LogP contribution in [0.4, 0.5) is 0 Å².